The van der Waals surface area contributed by atoms with Gasteiger partial charge in [-0.1, -0.05) is 19.1 Å². The summed E-state index contributed by atoms with van der Waals surface area (Å²) < 4.78 is 5.75. The van der Waals surface area contributed by atoms with Crippen molar-refractivity contribution < 1.29 is 4.74 Å². The number of hydrogen-bond acceptors (Lipinski definition) is 2. The standard InChI is InChI=1S/C12H23NO/c1-11-7-5-3-4-6-8-12(11,14-2)9-10-13/h3-4,11H,5-10,13H2,1-2H3/b4-3-/t11?,12-/m1/s1. The number of nitrogens with two attached hydrogens (primary N) is 1. The Balaban J connectivity index is 2.72. The largest absolute Gasteiger partial charge is 0.378 e. The van der Waals surface area contributed by atoms with Gasteiger partial charge < -0.3 is 10.5 Å². The quantitative estimate of drug-likeness (QED) is 0.705. The topological polar surface area (TPSA) is 35.2 Å². The third-order valence-corrected chi connectivity index (χ3v) is 3.54. The molecular formula is C12H23NO. The first-order chi connectivity index (χ1) is 6.75. The number of allylic oxidation sites excluding steroid dienone is 2. The second-order valence-electron chi connectivity index (χ2n) is 4.30. The highest BCUT2D eigenvalue weighted by Gasteiger charge is 2.34. The van der Waals surface area contributed by atoms with E-state index in [4.69, 9.17) is 10.5 Å². The van der Waals surface area contributed by atoms with Crippen LogP contribution in [-0.4, -0.2) is 19.3 Å². The first kappa shape index (κ1) is 11.7. The monoisotopic (exact) mass is 197 g/mol. The van der Waals surface area contributed by atoms with Gasteiger partial charge in [0, 0.05) is 7.11 Å². The lowest BCUT2D eigenvalue weighted by Gasteiger charge is -2.38. The Hall–Kier alpha value is -0.340. The molecule has 0 fully saturated rings. The first-order valence-corrected chi connectivity index (χ1v) is 5.65. The molecule has 0 aromatic rings. The van der Waals surface area contributed by atoms with Gasteiger partial charge in [-0.2, -0.15) is 0 Å². The Morgan fingerprint density at radius 1 is 1.43 bits per heavy atom. The molecule has 1 aliphatic carbocycles. The van der Waals surface area contributed by atoms with Gasteiger partial charge in [0.25, 0.3) is 0 Å². The molecule has 2 nitrogen and oxygen atoms in total. The Kier molecular flexibility index (Phi) is 4.63. The molecule has 0 aromatic carbocycles. The summed E-state index contributed by atoms with van der Waals surface area (Å²) in [5.74, 6) is 0.612. The third kappa shape index (κ3) is 2.58. The fourth-order valence-electron chi connectivity index (χ4n) is 2.44. The summed E-state index contributed by atoms with van der Waals surface area (Å²) in [6.07, 6.45) is 10.2. The maximum atomic E-state index is 5.75. The summed E-state index contributed by atoms with van der Waals surface area (Å²) in [5.41, 5.74) is 5.70. The highest BCUT2D eigenvalue weighted by Crippen LogP contribution is 2.34. The Morgan fingerprint density at radius 2 is 2.14 bits per heavy atom. The van der Waals surface area contributed by atoms with Crippen LogP contribution in [0.1, 0.15) is 39.0 Å². The van der Waals surface area contributed by atoms with Gasteiger partial charge in [-0.05, 0) is 44.6 Å². The highest BCUT2D eigenvalue weighted by molar-refractivity contribution is 4.95. The van der Waals surface area contributed by atoms with E-state index in [2.05, 4.69) is 19.1 Å². The van der Waals surface area contributed by atoms with Crippen molar-refractivity contribution >= 4 is 0 Å². The van der Waals surface area contributed by atoms with Crippen molar-refractivity contribution in [2.75, 3.05) is 13.7 Å². The molecule has 0 aliphatic heterocycles. The van der Waals surface area contributed by atoms with Crippen LogP contribution >= 0.6 is 0 Å². The van der Waals surface area contributed by atoms with Gasteiger partial charge in [0.15, 0.2) is 0 Å². The average molecular weight is 197 g/mol. The zero-order valence-electron chi connectivity index (χ0n) is 9.46. The fraction of sp³-hybridized carbons (Fsp3) is 0.833. The molecule has 0 saturated carbocycles. The smallest absolute Gasteiger partial charge is 0.0719 e. The average Bonchev–Trinajstić information content (AvgIpc) is 2.18. The molecule has 82 valence electrons. The minimum Gasteiger partial charge on any atom is -0.378 e. The molecule has 0 amide bonds. The van der Waals surface area contributed by atoms with E-state index in [9.17, 15) is 0 Å². The van der Waals surface area contributed by atoms with Crippen LogP contribution in [0.5, 0.6) is 0 Å². The van der Waals surface area contributed by atoms with Gasteiger partial charge in [0.2, 0.25) is 0 Å². The molecule has 1 rings (SSSR count). The van der Waals surface area contributed by atoms with E-state index in [1.54, 1.807) is 0 Å². The highest BCUT2D eigenvalue weighted by atomic mass is 16.5. The predicted molar refractivity (Wildman–Crippen MR) is 60.2 cm³/mol. The number of hydrogen-bond donors (Lipinski definition) is 1. The molecule has 0 aromatic heterocycles. The molecule has 0 spiro atoms. The Morgan fingerprint density at radius 3 is 2.79 bits per heavy atom. The molecule has 0 radical (unpaired) electrons. The van der Waals surface area contributed by atoms with Crippen molar-refractivity contribution in [2.24, 2.45) is 11.7 Å². The van der Waals surface area contributed by atoms with Gasteiger partial charge in [-0.15, -0.1) is 0 Å². The van der Waals surface area contributed by atoms with Gasteiger partial charge in [0.05, 0.1) is 5.60 Å². The van der Waals surface area contributed by atoms with Crippen LogP contribution in [0.3, 0.4) is 0 Å². The summed E-state index contributed by atoms with van der Waals surface area (Å²) in [7, 11) is 1.83. The number of ether oxygens (including phenoxy) is 1. The van der Waals surface area contributed by atoms with Crippen LogP contribution < -0.4 is 5.73 Å². The van der Waals surface area contributed by atoms with E-state index in [1.165, 1.54) is 12.8 Å². The van der Waals surface area contributed by atoms with Crippen LogP contribution in [-0.2, 0) is 4.74 Å². The van der Waals surface area contributed by atoms with E-state index in [0.29, 0.717) is 5.92 Å². The van der Waals surface area contributed by atoms with E-state index in [1.807, 2.05) is 7.11 Å². The number of methoxy groups -OCH3 is 1. The fourth-order valence-corrected chi connectivity index (χ4v) is 2.44. The van der Waals surface area contributed by atoms with Crippen LogP contribution in [0.25, 0.3) is 0 Å². The van der Waals surface area contributed by atoms with Crippen molar-refractivity contribution in [2.45, 2.75) is 44.6 Å². The van der Waals surface area contributed by atoms with Crippen molar-refractivity contribution in [1.29, 1.82) is 0 Å². The molecule has 2 atom stereocenters. The molecule has 2 heteroatoms. The minimum absolute atomic E-state index is 0.0273. The van der Waals surface area contributed by atoms with Gasteiger partial charge in [0.1, 0.15) is 0 Å². The zero-order chi connectivity index (χ0) is 10.4. The number of rotatable bonds is 3. The normalized spacial score (nSPS) is 36.1. The van der Waals surface area contributed by atoms with Crippen LogP contribution in [0.4, 0.5) is 0 Å². The Bertz CT molecular complexity index is 191. The molecule has 14 heavy (non-hydrogen) atoms. The second kappa shape index (κ2) is 5.52. The maximum absolute atomic E-state index is 5.75. The van der Waals surface area contributed by atoms with Crippen molar-refractivity contribution in [3.05, 3.63) is 12.2 Å². The third-order valence-electron chi connectivity index (χ3n) is 3.54. The van der Waals surface area contributed by atoms with Gasteiger partial charge >= 0.3 is 0 Å². The van der Waals surface area contributed by atoms with E-state index in [-0.39, 0.29) is 5.60 Å². The minimum atomic E-state index is 0.0273. The van der Waals surface area contributed by atoms with Crippen LogP contribution in [0, 0.1) is 5.92 Å². The van der Waals surface area contributed by atoms with Gasteiger partial charge in [-0.25, -0.2) is 0 Å². The summed E-state index contributed by atoms with van der Waals surface area (Å²) in [6.45, 7) is 3.01. The molecule has 0 saturated heterocycles. The first-order valence-electron chi connectivity index (χ1n) is 5.65. The zero-order valence-corrected chi connectivity index (χ0v) is 9.46. The molecule has 1 unspecified atom stereocenters. The predicted octanol–water partition coefficient (Wildman–Crippen LogP) is 2.49. The summed E-state index contributed by atoms with van der Waals surface area (Å²) >= 11 is 0. The SMILES string of the molecule is CO[C@@]1(CCN)CC/C=C\CCC1C. The van der Waals surface area contributed by atoms with Crippen molar-refractivity contribution in [3.8, 4) is 0 Å². The van der Waals surface area contributed by atoms with Crippen LogP contribution in [0.2, 0.25) is 0 Å². The maximum Gasteiger partial charge on any atom is 0.0719 e. The lowest BCUT2D eigenvalue weighted by atomic mass is 9.78. The summed E-state index contributed by atoms with van der Waals surface area (Å²) in [4.78, 5) is 0. The van der Waals surface area contributed by atoms with E-state index in [0.717, 1.165) is 25.8 Å². The molecular weight excluding hydrogens is 174 g/mol. The lowest BCUT2D eigenvalue weighted by Crippen LogP contribution is -2.41. The van der Waals surface area contributed by atoms with Crippen LogP contribution in [0.15, 0.2) is 12.2 Å². The van der Waals surface area contributed by atoms with E-state index < -0.39 is 0 Å². The lowest BCUT2D eigenvalue weighted by molar-refractivity contribution is -0.0664. The Labute approximate surface area is 87.5 Å². The van der Waals surface area contributed by atoms with Crippen molar-refractivity contribution in [3.63, 3.8) is 0 Å². The molecule has 0 bridgehead atoms. The van der Waals surface area contributed by atoms with E-state index >= 15 is 0 Å². The van der Waals surface area contributed by atoms with Gasteiger partial charge in [-0.3, -0.25) is 0 Å². The molecule has 2 N–H and O–H groups in total. The summed E-state index contributed by atoms with van der Waals surface area (Å²) in [5, 5.41) is 0. The van der Waals surface area contributed by atoms with Crippen molar-refractivity contribution in [1.82, 2.24) is 0 Å². The second-order valence-corrected chi connectivity index (χ2v) is 4.30. The summed E-state index contributed by atoms with van der Waals surface area (Å²) in [6, 6.07) is 0. The molecule has 0 heterocycles. The molecule has 1 aliphatic rings.